The minimum atomic E-state index is 0.246. The Morgan fingerprint density at radius 1 is 1.58 bits per heavy atom. The number of halogens is 1. The second-order valence-electron chi connectivity index (χ2n) is 2.25. The first kappa shape index (κ1) is 7.24. The molecule has 2 aromatic rings. The predicted molar refractivity (Wildman–Crippen MR) is 44.3 cm³/mol. The van der Waals surface area contributed by atoms with Crippen LogP contribution < -0.4 is 0 Å². The van der Waals surface area contributed by atoms with Gasteiger partial charge in [0.05, 0.1) is 11.8 Å². The molecule has 2 rings (SSSR count). The molecule has 0 aliphatic heterocycles. The molecule has 12 heavy (non-hydrogen) atoms. The van der Waals surface area contributed by atoms with Crippen LogP contribution in [0.2, 0.25) is 5.15 Å². The second-order valence-corrected chi connectivity index (χ2v) is 2.61. The van der Waals surface area contributed by atoms with Gasteiger partial charge in [0.1, 0.15) is 11.2 Å². The van der Waals surface area contributed by atoms with E-state index in [0.717, 1.165) is 5.52 Å². The van der Waals surface area contributed by atoms with Crippen molar-refractivity contribution in [1.29, 1.82) is 0 Å². The van der Waals surface area contributed by atoms with Crippen LogP contribution >= 0.6 is 11.6 Å². The summed E-state index contributed by atoms with van der Waals surface area (Å²) >= 11 is 5.73. The Morgan fingerprint density at radius 3 is 3.17 bits per heavy atom. The molecule has 0 radical (unpaired) electrons. The van der Waals surface area contributed by atoms with Crippen molar-refractivity contribution in [2.45, 2.75) is 0 Å². The highest BCUT2D eigenvalue weighted by Crippen LogP contribution is 2.17. The standard InChI is InChI=1S/C7H4ClN3O/c8-7-6-5(9-3-10-6)1-4(2-12)11-7/h1-3H,(H,9,10). The van der Waals surface area contributed by atoms with E-state index in [1.54, 1.807) is 6.07 Å². The summed E-state index contributed by atoms with van der Waals surface area (Å²) in [6.45, 7) is 0. The van der Waals surface area contributed by atoms with E-state index < -0.39 is 0 Å². The summed E-state index contributed by atoms with van der Waals surface area (Å²) in [6, 6.07) is 1.60. The molecule has 5 heteroatoms. The Morgan fingerprint density at radius 2 is 2.42 bits per heavy atom. The van der Waals surface area contributed by atoms with Gasteiger partial charge in [-0.3, -0.25) is 4.79 Å². The largest absolute Gasteiger partial charge is 0.344 e. The average Bonchev–Trinajstić information content (AvgIpc) is 2.52. The zero-order chi connectivity index (χ0) is 8.55. The summed E-state index contributed by atoms with van der Waals surface area (Å²) in [5.74, 6) is 0. The molecule has 0 atom stereocenters. The number of hydrogen-bond donors (Lipinski definition) is 1. The molecule has 0 aliphatic rings. The van der Waals surface area contributed by atoms with Crippen molar-refractivity contribution in [3.8, 4) is 0 Å². The lowest BCUT2D eigenvalue weighted by atomic mass is 10.3. The van der Waals surface area contributed by atoms with Gasteiger partial charge in [-0.1, -0.05) is 11.6 Å². The Bertz CT molecular complexity index is 437. The lowest BCUT2D eigenvalue weighted by molar-refractivity contribution is 0.111. The first-order valence-electron chi connectivity index (χ1n) is 3.26. The number of pyridine rings is 1. The first-order chi connectivity index (χ1) is 5.81. The van der Waals surface area contributed by atoms with E-state index in [2.05, 4.69) is 15.0 Å². The second kappa shape index (κ2) is 2.57. The van der Waals surface area contributed by atoms with Crippen LogP contribution in [0.3, 0.4) is 0 Å². The molecule has 0 fully saturated rings. The van der Waals surface area contributed by atoms with Crippen molar-refractivity contribution in [2.75, 3.05) is 0 Å². The number of hydrogen-bond acceptors (Lipinski definition) is 3. The van der Waals surface area contributed by atoms with Gasteiger partial charge in [0.15, 0.2) is 11.4 Å². The normalized spacial score (nSPS) is 10.4. The maximum absolute atomic E-state index is 10.4. The average molecular weight is 182 g/mol. The quantitative estimate of drug-likeness (QED) is 0.535. The van der Waals surface area contributed by atoms with E-state index in [0.29, 0.717) is 17.5 Å². The number of aldehydes is 1. The number of carbonyl (C=O) groups excluding carboxylic acids is 1. The van der Waals surface area contributed by atoms with Gasteiger partial charge in [-0.15, -0.1) is 0 Å². The smallest absolute Gasteiger partial charge is 0.168 e. The van der Waals surface area contributed by atoms with Crippen LogP contribution in [0.15, 0.2) is 12.4 Å². The maximum Gasteiger partial charge on any atom is 0.168 e. The van der Waals surface area contributed by atoms with E-state index in [1.165, 1.54) is 6.33 Å². The first-order valence-corrected chi connectivity index (χ1v) is 3.64. The Hall–Kier alpha value is -1.42. The van der Waals surface area contributed by atoms with Gasteiger partial charge in [-0.05, 0) is 6.07 Å². The number of aromatic amines is 1. The van der Waals surface area contributed by atoms with Crippen molar-refractivity contribution < 1.29 is 4.79 Å². The van der Waals surface area contributed by atoms with E-state index in [1.807, 2.05) is 0 Å². The molecule has 0 aromatic carbocycles. The van der Waals surface area contributed by atoms with Crippen LogP contribution in [0, 0.1) is 0 Å². The molecule has 0 aliphatic carbocycles. The van der Waals surface area contributed by atoms with Crippen molar-refractivity contribution >= 4 is 28.9 Å². The summed E-state index contributed by atoms with van der Waals surface area (Å²) < 4.78 is 0. The third-order valence-electron chi connectivity index (χ3n) is 1.50. The number of carbonyl (C=O) groups is 1. The maximum atomic E-state index is 10.4. The summed E-state index contributed by atoms with van der Waals surface area (Å²) in [4.78, 5) is 20.9. The van der Waals surface area contributed by atoms with Crippen LogP contribution in [0.25, 0.3) is 11.0 Å². The lowest BCUT2D eigenvalue weighted by Crippen LogP contribution is -1.87. The third kappa shape index (κ3) is 0.967. The Balaban J connectivity index is 2.83. The molecule has 0 amide bonds. The van der Waals surface area contributed by atoms with Crippen molar-refractivity contribution in [3.63, 3.8) is 0 Å². The van der Waals surface area contributed by atoms with Gasteiger partial charge >= 0.3 is 0 Å². The molecular formula is C7H4ClN3O. The molecule has 2 heterocycles. The molecule has 2 aromatic heterocycles. The number of imidazole rings is 1. The molecule has 0 spiro atoms. The monoisotopic (exact) mass is 181 g/mol. The zero-order valence-corrected chi connectivity index (χ0v) is 6.67. The number of nitrogens with one attached hydrogen (secondary N) is 1. The van der Waals surface area contributed by atoms with E-state index in [-0.39, 0.29) is 5.15 Å². The summed E-state index contributed by atoms with van der Waals surface area (Å²) in [6.07, 6.45) is 2.15. The molecule has 4 nitrogen and oxygen atoms in total. The van der Waals surface area contributed by atoms with Gasteiger partial charge in [-0.2, -0.15) is 0 Å². The predicted octanol–water partition coefficient (Wildman–Crippen LogP) is 1.42. The van der Waals surface area contributed by atoms with Crippen LogP contribution in [-0.2, 0) is 0 Å². The van der Waals surface area contributed by atoms with E-state index in [4.69, 9.17) is 11.6 Å². The number of nitrogens with zero attached hydrogens (tertiary/aromatic N) is 2. The van der Waals surface area contributed by atoms with Gasteiger partial charge in [0.25, 0.3) is 0 Å². The summed E-state index contributed by atoms with van der Waals surface area (Å²) in [5, 5.41) is 0.246. The molecule has 1 N–H and O–H groups in total. The van der Waals surface area contributed by atoms with Crippen LogP contribution in [0.5, 0.6) is 0 Å². The van der Waals surface area contributed by atoms with Gasteiger partial charge < -0.3 is 4.98 Å². The highest BCUT2D eigenvalue weighted by Gasteiger charge is 2.04. The van der Waals surface area contributed by atoms with Crippen molar-refractivity contribution in [1.82, 2.24) is 15.0 Å². The van der Waals surface area contributed by atoms with Crippen LogP contribution in [-0.4, -0.2) is 21.2 Å². The van der Waals surface area contributed by atoms with Gasteiger partial charge in [0.2, 0.25) is 0 Å². The molecule has 0 bridgehead atoms. The van der Waals surface area contributed by atoms with Crippen molar-refractivity contribution in [3.05, 3.63) is 23.2 Å². The number of rotatable bonds is 1. The Kier molecular flexibility index (Phi) is 1.55. The van der Waals surface area contributed by atoms with Crippen LogP contribution in [0.1, 0.15) is 10.5 Å². The topological polar surface area (TPSA) is 58.6 Å². The van der Waals surface area contributed by atoms with E-state index in [9.17, 15) is 4.79 Å². The highest BCUT2D eigenvalue weighted by atomic mass is 35.5. The number of fused-ring (bicyclic) bond motifs is 1. The molecule has 60 valence electrons. The highest BCUT2D eigenvalue weighted by molar-refractivity contribution is 6.33. The lowest BCUT2D eigenvalue weighted by Gasteiger charge is -1.92. The third-order valence-corrected chi connectivity index (χ3v) is 1.77. The minimum Gasteiger partial charge on any atom is -0.344 e. The fourth-order valence-electron chi connectivity index (χ4n) is 0.986. The van der Waals surface area contributed by atoms with Crippen LogP contribution in [0.4, 0.5) is 0 Å². The zero-order valence-electron chi connectivity index (χ0n) is 5.91. The minimum absolute atomic E-state index is 0.246. The van der Waals surface area contributed by atoms with E-state index >= 15 is 0 Å². The molecule has 0 saturated heterocycles. The van der Waals surface area contributed by atoms with Crippen molar-refractivity contribution in [2.24, 2.45) is 0 Å². The number of aromatic nitrogens is 3. The Labute approximate surface area is 72.6 Å². The summed E-state index contributed by atoms with van der Waals surface area (Å²) in [7, 11) is 0. The van der Waals surface area contributed by atoms with Gasteiger partial charge in [0, 0.05) is 0 Å². The van der Waals surface area contributed by atoms with Gasteiger partial charge in [-0.25, -0.2) is 9.97 Å². The molecule has 0 unspecified atom stereocenters. The summed E-state index contributed by atoms with van der Waals surface area (Å²) in [5.41, 5.74) is 1.61. The molecule has 0 saturated carbocycles. The fourth-order valence-corrected chi connectivity index (χ4v) is 1.23. The SMILES string of the molecule is O=Cc1cc2[nH]cnc2c(Cl)n1. The molecular weight excluding hydrogens is 178 g/mol. The number of H-pyrrole nitrogens is 1. The fraction of sp³-hybridized carbons (Fsp3) is 0.